The Bertz CT molecular complexity index is 840. The SMILES string of the molecule is CC(C)(C)OC(=O)c1ccc(C2CCC(c3ccc(C(=O)OC(C)(C)C)cc3)CC2)cc1. The van der Waals surface area contributed by atoms with Crippen molar-refractivity contribution in [2.45, 2.75) is 90.3 Å². The first-order valence-electron chi connectivity index (χ1n) is 11.6. The third kappa shape index (κ3) is 6.69. The van der Waals surface area contributed by atoms with E-state index in [1.165, 1.54) is 11.1 Å². The van der Waals surface area contributed by atoms with Gasteiger partial charge in [-0.3, -0.25) is 0 Å². The molecule has 0 N–H and O–H groups in total. The van der Waals surface area contributed by atoms with Crippen LogP contribution in [0.3, 0.4) is 0 Å². The Labute approximate surface area is 192 Å². The molecule has 0 aliphatic heterocycles. The summed E-state index contributed by atoms with van der Waals surface area (Å²) in [6.45, 7) is 11.3. The monoisotopic (exact) mass is 436 g/mol. The number of ether oxygens (including phenoxy) is 2. The molecule has 4 nitrogen and oxygen atoms in total. The Balaban J connectivity index is 1.56. The number of carbonyl (C=O) groups excluding carboxylic acids is 2. The Morgan fingerprint density at radius 3 is 1.12 bits per heavy atom. The summed E-state index contributed by atoms with van der Waals surface area (Å²) in [5, 5.41) is 0. The number of benzene rings is 2. The second kappa shape index (κ2) is 9.48. The van der Waals surface area contributed by atoms with Crippen molar-refractivity contribution in [3.8, 4) is 0 Å². The molecule has 1 aliphatic rings. The number of esters is 2. The molecule has 0 unspecified atom stereocenters. The van der Waals surface area contributed by atoms with E-state index in [-0.39, 0.29) is 11.9 Å². The van der Waals surface area contributed by atoms with E-state index in [0.717, 1.165) is 25.7 Å². The molecule has 1 fully saturated rings. The zero-order chi connectivity index (χ0) is 23.5. The van der Waals surface area contributed by atoms with Gasteiger partial charge in [-0.25, -0.2) is 9.59 Å². The van der Waals surface area contributed by atoms with Gasteiger partial charge in [-0.15, -0.1) is 0 Å². The van der Waals surface area contributed by atoms with Gasteiger partial charge >= 0.3 is 11.9 Å². The van der Waals surface area contributed by atoms with Gasteiger partial charge in [0.15, 0.2) is 0 Å². The van der Waals surface area contributed by atoms with E-state index in [1.807, 2.05) is 65.8 Å². The minimum absolute atomic E-state index is 0.275. The zero-order valence-corrected chi connectivity index (χ0v) is 20.2. The van der Waals surface area contributed by atoms with Gasteiger partial charge in [-0.2, -0.15) is 0 Å². The maximum absolute atomic E-state index is 12.2. The fourth-order valence-corrected chi connectivity index (χ4v) is 4.22. The van der Waals surface area contributed by atoms with Gasteiger partial charge in [0.2, 0.25) is 0 Å². The van der Waals surface area contributed by atoms with Crippen LogP contribution in [0.25, 0.3) is 0 Å². The van der Waals surface area contributed by atoms with Crippen molar-refractivity contribution >= 4 is 11.9 Å². The quantitative estimate of drug-likeness (QED) is 0.482. The fraction of sp³-hybridized carbons (Fsp3) is 0.500. The summed E-state index contributed by atoms with van der Waals surface area (Å²) in [6, 6.07) is 15.8. The average Bonchev–Trinajstić information content (AvgIpc) is 2.72. The molecule has 1 aliphatic carbocycles. The largest absolute Gasteiger partial charge is 0.456 e. The lowest BCUT2D eigenvalue weighted by molar-refractivity contribution is 0.00569. The van der Waals surface area contributed by atoms with Crippen LogP contribution in [0.1, 0.15) is 111 Å². The van der Waals surface area contributed by atoms with Crippen molar-refractivity contribution in [1.82, 2.24) is 0 Å². The number of hydrogen-bond acceptors (Lipinski definition) is 4. The highest BCUT2D eigenvalue weighted by Crippen LogP contribution is 2.40. The first-order chi connectivity index (χ1) is 14.9. The third-order valence-corrected chi connectivity index (χ3v) is 5.76. The smallest absolute Gasteiger partial charge is 0.338 e. The van der Waals surface area contributed by atoms with Crippen molar-refractivity contribution in [2.24, 2.45) is 0 Å². The molecule has 2 aromatic rings. The predicted molar refractivity (Wildman–Crippen MR) is 127 cm³/mol. The van der Waals surface area contributed by atoms with E-state index in [0.29, 0.717) is 23.0 Å². The zero-order valence-electron chi connectivity index (χ0n) is 20.2. The number of rotatable bonds is 4. The van der Waals surface area contributed by atoms with Crippen LogP contribution in [0.2, 0.25) is 0 Å². The van der Waals surface area contributed by atoms with Gasteiger partial charge in [0, 0.05) is 0 Å². The second-order valence-electron chi connectivity index (χ2n) is 10.8. The van der Waals surface area contributed by atoms with Crippen LogP contribution in [-0.2, 0) is 9.47 Å². The third-order valence-electron chi connectivity index (χ3n) is 5.76. The molecule has 1 saturated carbocycles. The molecule has 32 heavy (non-hydrogen) atoms. The van der Waals surface area contributed by atoms with E-state index >= 15 is 0 Å². The lowest BCUT2D eigenvalue weighted by atomic mass is 9.76. The van der Waals surface area contributed by atoms with Crippen molar-refractivity contribution in [2.75, 3.05) is 0 Å². The Morgan fingerprint density at radius 2 is 0.875 bits per heavy atom. The van der Waals surface area contributed by atoms with E-state index in [4.69, 9.17) is 9.47 Å². The molecule has 3 rings (SSSR count). The maximum Gasteiger partial charge on any atom is 0.338 e. The summed E-state index contributed by atoms with van der Waals surface area (Å²) >= 11 is 0. The lowest BCUT2D eigenvalue weighted by Crippen LogP contribution is -2.24. The van der Waals surface area contributed by atoms with Crippen LogP contribution >= 0.6 is 0 Å². The molecule has 0 aromatic heterocycles. The lowest BCUT2D eigenvalue weighted by Gasteiger charge is -2.29. The molecule has 172 valence electrons. The molecular formula is C28H36O4. The molecule has 4 heteroatoms. The minimum Gasteiger partial charge on any atom is -0.456 e. The standard InChI is InChI=1S/C28H36O4/c1-27(2,3)31-25(29)23-15-11-21(12-16-23)19-7-9-20(10-8-19)22-13-17-24(18-14-22)26(30)32-28(4,5)6/h11-20H,7-10H2,1-6H3. The number of carbonyl (C=O) groups is 2. The Morgan fingerprint density at radius 1 is 0.594 bits per heavy atom. The molecule has 0 saturated heterocycles. The summed E-state index contributed by atoms with van der Waals surface area (Å²) in [5.74, 6) is 0.477. The van der Waals surface area contributed by atoms with E-state index < -0.39 is 11.2 Å². The summed E-state index contributed by atoms with van der Waals surface area (Å²) < 4.78 is 10.9. The molecule has 2 aromatic carbocycles. The molecule has 0 radical (unpaired) electrons. The second-order valence-corrected chi connectivity index (χ2v) is 10.8. The normalized spacial score (nSPS) is 19.3. The van der Waals surface area contributed by atoms with Crippen molar-refractivity contribution < 1.29 is 19.1 Å². The highest BCUT2D eigenvalue weighted by Gasteiger charge is 2.25. The van der Waals surface area contributed by atoms with Crippen molar-refractivity contribution in [1.29, 1.82) is 0 Å². The molecule has 0 spiro atoms. The highest BCUT2D eigenvalue weighted by atomic mass is 16.6. The van der Waals surface area contributed by atoms with Crippen LogP contribution in [0.5, 0.6) is 0 Å². The fourth-order valence-electron chi connectivity index (χ4n) is 4.22. The van der Waals surface area contributed by atoms with Crippen LogP contribution < -0.4 is 0 Å². The average molecular weight is 437 g/mol. The Hall–Kier alpha value is -2.62. The topological polar surface area (TPSA) is 52.6 Å². The summed E-state index contributed by atoms with van der Waals surface area (Å²) in [5.41, 5.74) is 2.80. The summed E-state index contributed by atoms with van der Waals surface area (Å²) in [4.78, 5) is 24.5. The van der Waals surface area contributed by atoms with Crippen LogP contribution in [0, 0.1) is 0 Å². The predicted octanol–water partition coefficient (Wildman–Crippen LogP) is 7.04. The van der Waals surface area contributed by atoms with Crippen molar-refractivity contribution in [3.05, 3.63) is 70.8 Å². The van der Waals surface area contributed by atoms with Crippen LogP contribution in [0.4, 0.5) is 0 Å². The first kappa shape index (κ1) is 24.0. The summed E-state index contributed by atoms with van der Waals surface area (Å²) in [6.07, 6.45) is 4.46. The maximum atomic E-state index is 12.2. The molecule has 0 bridgehead atoms. The van der Waals surface area contributed by atoms with E-state index in [2.05, 4.69) is 24.3 Å². The van der Waals surface area contributed by atoms with Gasteiger partial charge in [0.25, 0.3) is 0 Å². The van der Waals surface area contributed by atoms with Gasteiger partial charge in [-0.05, 0) is 114 Å². The number of hydrogen-bond donors (Lipinski definition) is 0. The van der Waals surface area contributed by atoms with Crippen LogP contribution in [0.15, 0.2) is 48.5 Å². The van der Waals surface area contributed by atoms with E-state index in [9.17, 15) is 9.59 Å². The molecule has 0 heterocycles. The Kier molecular flexibility index (Phi) is 7.12. The van der Waals surface area contributed by atoms with Crippen LogP contribution in [-0.4, -0.2) is 23.1 Å². The summed E-state index contributed by atoms with van der Waals surface area (Å²) in [7, 11) is 0. The van der Waals surface area contributed by atoms with Gasteiger partial charge in [0.1, 0.15) is 11.2 Å². The van der Waals surface area contributed by atoms with Gasteiger partial charge in [-0.1, -0.05) is 24.3 Å². The molecular weight excluding hydrogens is 400 g/mol. The van der Waals surface area contributed by atoms with Crippen molar-refractivity contribution in [3.63, 3.8) is 0 Å². The molecule has 0 atom stereocenters. The first-order valence-corrected chi connectivity index (χ1v) is 11.6. The highest BCUT2D eigenvalue weighted by molar-refractivity contribution is 5.90. The minimum atomic E-state index is -0.487. The van der Waals surface area contributed by atoms with Gasteiger partial charge < -0.3 is 9.47 Å². The van der Waals surface area contributed by atoms with Gasteiger partial charge in [0.05, 0.1) is 11.1 Å². The van der Waals surface area contributed by atoms with E-state index in [1.54, 1.807) is 0 Å². The molecule has 0 amide bonds.